The van der Waals surface area contributed by atoms with Crippen molar-refractivity contribution in [2.75, 3.05) is 6.54 Å². The van der Waals surface area contributed by atoms with Gasteiger partial charge in [0.1, 0.15) is 13.2 Å². The highest BCUT2D eigenvalue weighted by Crippen LogP contribution is 2.16. The van der Waals surface area contributed by atoms with Crippen molar-refractivity contribution in [3.63, 3.8) is 0 Å². The molecule has 0 bridgehead atoms. The Balaban J connectivity index is 1.98. The summed E-state index contributed by atoms with van der Waals surface area (Å²) in [6.07, 6.45) is 0. The monoisotopic (exact) mass is 298 g/mol. The number of carbonyl (C=O) groups excluding carboxylic acids is 2. The van der Waals surface area contributed by atoms with E-state index in [2.05, 4.69) is 21.2 Å². The van der Waals surface area contributed by atoms with Gasteiger partial charge in [-0.3, -0.25) is 14.9 Å². The normalized spacial score (nSPS) is 15.3. The summed E-state index contributed by atoms with van der Waals surface area (Å²) in [6.45, 7) is 2.17. The molecule has 0 aromatic heterocycles. The summed E-state index contributed by atoms with van der Waals surface area (Å²) in [7, 11) is 0. The van der Waals surface area contributed by atoms with E-state index in [-0.39, 0.29) is 19.1 Å². The van der Waals surface area contributed by atoms with E-state index in [1.54, 1.807) is 0 Å². The van der Waals surface area contributed by atoms with Crippen LogP contribution in [0.1, 0.15) is 11.1 Å². The smallest absolute Gasteiger partial charge is 0.274 e. The molecule has 5 nitrogen and oxygen atoms in total. The SMILES string of the molecule is Cc1cc(Br)cc(CON2CC(=O)NC2=O)c1. The number of aryl methyl sites for hydroxylation is 1. The molecule has 0 unspecified atom stereocenters. The molecule has 90 valence electrons. The number of nitrogens with zero attached hydrogens (tertiary/aromatic N) is 1. The van der Waals surface area contributed by atoms with Crippen molar-refractivity contribution in [1.82, 2.24) is 10.4 Å². The van der Waals surface area contributed by atoms with Crippen molar-refractivity contribution in [2.45, 2.75) is 13.5 Å². The van der Waals surface area contributed by atoms with Gasteiger partial charge in [-0.25, -0.2) is 4.79 Å². The highest BCUT2D eigenvalue weighted by molar-refractivity contribution is 9.10. The first-order chi connectivity index (χ1) is 8.04. The second-order valence-electron chi connectivity index (χ2n) is 3.80. The number of hydroxylamine groups is 2. The van der Waals surface area contributed by atoms with Gasteiger partial charge in [-0.1, -0.05) is 22.0 Å². The minimum atomic E-state index is -0.512. The van der Waals surface area contributed by atoms with Crippen molar-refractivity contribution in [1.29, 1.82) is 0 Å². The van der Waals surface area contributed by atoms with E-state index in [4.69, 9.17) is 4.84 Å². The number of halogens is 1. The Morgan fingerprint density at radius 3 is 2.76 bits per heavy atom. The van der Waals surface area contributed by atoms with Crippen LogP contribution in [0.4, 0.5) is 4.79 Å². The van der Waals surface area contributed by atoms with Gasteiger partial charge in [-0.2, -0.15) is 5.06 Å². The number of hydrogen-bond acceptors (Lipinski definition) is 3. The second-order valence-corrected chi connectivity index (χ2v) is 4.72. The number of nitrogens with one attached hydrogen (secondary N) is 1. The Hall–Kier alpha value is -1.40. The second kappa shape index (κ2) is 4.85. The number of imide groups is 1. The maximum atomic E-state index is 11.2. The minimum Gasteiger partial charge on any atom is -0.274 e. The third-order valence-electron chi connectivity index (χ3n) is 2.25. The summed E-state index contributed by atoms with van der Waals surface area (Å²) in [6, 6.07) is 5.33. The first kappa shape index (κ1) is 12.1. The van der Waals surface area contributed by atoms with Gasteiger partial charge >= 0.3 is 6.03 Å². The zero-order valence-electron chi connectivity index (χ0n) is 9.20. The molecule has 0 radical (unpaired) electrons. The lowest BCUT2D eigenvalue weighted by Gasteiger charge is -2.13. The lowest BCUT2D eigenvalue weighted by molar-refractivity contribution is -0.134. The van der Waals surface area contributed by atoms with E-state index in [1.807, 2.05) is 25.1 Å². The first-order valence-electron chi connectivity index (χ1n) is 5.05. The molecule has 1 aliphatic rings. The summed E-state index contributed by atoms with van der Waals surface area (Å²) in [5.41, 5.74) is 2.03. The summed E-state index contributed by atoms with van der Waals surface area (Å²) in [5.74, 6) is -0.347. The van der Waals surface area contributed by atoms with Crippen LogP contribution in [0.2, 0.25) is 0 Å². The molecule has 1 aromatic carbocycles. The maximum absolute atomic E-state index is 11.2. The van der Waals surface area contributed by atoms with Crippen LogP contribution in [0, 0.1) is 6.92 Å². The molecular formula is C11H11BrN2O3. The molecule has 1 saturated heterocycles. The zero-order chi connectivity index (χ0) is 12.4. The van der Waals surface area contributed by atoms with Crippen LogP contribution < -0.4 is 5.32 Å². The molecular weight excluding hydrogens is 288 g/mol. The van der Waals surface area contributed by atoms with E-state index < -0.39 is 6.03 Å². The molecule has 0 saturated carbocycles. The van der Waals surface area contributed by atoms with E-state index in [0.717, 1.165) is 20.7 Å². The molecule has 0 aliphatic carbocycles. The quantitative estimate of drug-likeness (QED) is 0.865. The van der Waals surface area contributed by atoms with Gasteiger partial charge in [0, 0.05) is 4.47 Å². The van der Waals surface area contributed by atoms with Gasteiger partial charge in [0.25, 0.3) is 0 Å². The standard InChI is InChI=1S/C11H11BrN2O3/c1-7-2-8(4-9(12)3-7)6-17-14-5-10(15)13-11(14)16/h2-4H,5-6H2,1H3,(H,13,15,16). The highest BCUT2D eigenvalue weighted by atomic mass is 79.9. The largest absolute Gasteiger partial charge is 0.348 e. The van der Waals surface area contributed by atoms with Crippen LogP contribution in [-0.2, 0) is 16.2 Å². The first-order valence-corrected chi connectivity index (χ1v) is 5.84. The van der Waals surface area contributed by atoms with Crippen molar-refractivity contribution >= 4 is 27.9 Å². The molecule has 0 spiro atoms. The minimum absolute atomic E-state index is 0.0498. The van der Waals surface area contributed by atoms with E-state index in [1.165, 1.54) is 0 Å². The molecule has 1 fully saturated rings. The lowest BCUT2D eigenvalue weighted by Crippen LogP contribution is -2.28. The average molecular weight is 299 g/mol. The molecule has 3 amide bonds. The number of rotatable bonds is 3. The molecule has 1 aliphatic heterocycles. The van der Waals surface area contributed by atoms with Crippen LogP contribution >= 0.6 is 15.9 Å². The van der Waals surface area contributed by atoms with Gasteiger partial charge in [-0.05, 0) is 30.2 Å². The highest BCUT2D eigenvalue weighted by Gasteiger charge is 2.27. The van der Waals surface area contributed by atoms with E-state index in [9.17, 15) is 9.59 Å². The predicted molar refractivity (Wildman–Crippen MR) is 63.9 cm³/mol. The van der Waals surface area contributed by atoms with Crippen LogP contribution in [-0.4, -0.2) is 23.5 Å². The third-order valence-corrected chi connectivity index (χ3v) is 2.71. The molecule has 2 rings (SSSR count). The fourth-order valence-electron chi connectivity index (χ4n) is 1.58. The van der Waals surface area contributed by atoms with Crippen molar-refractivity contribution in [3.05, 3.63) is 33.8 Å². The maximum Gasteiger partial charge on any atom is 0.348 e. The Labute approximate surface area is 107 Å². The Kier molecular flexibility index (Phi) is 3.44. The Morgan fingerprint density at radius 1 is 1.41 bits per heavy atom. The van der Waals surface area contributed by atoms with Crippen molar-refractivity contribution < 1.29 is 14.4 Å². The van der Waals surface area contributed by atoms with Crippen LogP contribution in [0.25, 0.3) is 0 Å². The lowest BCUT2D eigenvalue weighted by atomic mass is 10.1. The fraction of sp³-hybridized carbons (Fsp3) is 0.273. The van der Waals surface area contributed by atoms with Gasteiger partial charge < -0.3 is 0 Å². The van der Waals surface area contributed by atoms with Crippen LogP contribution in [0.15, 0.2) is 22.7 Å². The number of amides is 3. The van der Waals surface area contributed by atoms with Gasteiger partial charge in [0.05, 0.1) is 0 Å². The fourth-order valence-corrected chi connectivity index (χ4v) is 2.23. The summed E-state index contributed by atoms with van der Waals surface area (Å²) < 4.78 is 0.957. The van der Waals surface area contributed by atoms with Crippen LogP contribution in [0.3, 0.4) is 0 Å². The Morgan fingerprint density at radius 2 is 2.18 bits per heavy atom. The van der Waals surface area contributed by atoms with E-state index in [0.29, 0.717) is 0 Å². The van der Waals surface area contributed by atoms with Crippen LogP contribution in [0.5, 0.6) is 0 Å². The van der Waals surface area contributed by atoms with E-state index >= 15 is 0 Å². The topological polar surface area (TPSA) is 58.6 Å². The molecule has 17 heavy (non-hydrogen) atoms. The molecule has 1 aromatic rings. The third kappa shape index (κ3) is 3.04. The molecule has 1 heterocycles. The van der Waals surface area contributed by atoms with Crippen molar-refractivity contribution in [2.24, 2.45) is 0 Å². The number of urea groups is 1. The summed E-state index contributed by atoms with van der Waals surface area (Å²) in [4.78, 5) is 27.4. The molecule has 0 atom stereocenters. The molecule has 1 N–H and O–H groups in total. The predicted octanol–water partition coefficient (Wildman–Crippen LogP) is 1.74. The Bertz CT molecular complexity index is 456. The number of hydrogen-bond donors (Lipinski definition) is 1. The number of carbonyl (C=O) groups is 2. The summed E-state index contributed by atoms with van der Waals surface area (Å²) in [5, 5.41) is 3.17. The molecule has 6 heteroatoms. The van der Waals surface area contributed by atoms with Crippen molar-refractivity contribution in [3.8, 4) is 0 Å². The van der Waals surface area contributed by atoms with Gasteiger partial charge in [-0.15, -0.1) is 0 Å². The average Bonchev–Trinajstić information content (AvgIpc) is 2.53. The summed E-state index contributed by atoms with van der Waals surface area (Å²) >= 11 is 3.39. The number of benzene rings is 1. The zero-order valence-corrected chi connectivity index (χ0v) is 10.8. The van der Waals surface area contributed by atoms with Gasteiger partial charge in [0.15, 0.2) is 0 Å². The van der Waals surface area contributed by atoms with Gasteiger partial charge in [0.2, 0.25) is 5.91 Å².